The normalized spacial score (nSPS) is 10.9. The predicted molar refractivity (Wildman–Crippen MR) is 60.0 cm³/mol. The summed E-state index contributed by atoms with van der Waals surface area (Å²) in [5.41, 5.74) is 0. The van der Waals surface area contributed by atoms with E-state index in [-0.39, 0.29) is 25.7 Å². The molecule has 0 aromatic rings. The summed E-state index contributed by atoms with van der Waals surface area (Å²) in [7, 11) is 2.42. The van der Waals surface area contributed by atoms with E-state index in [0.717, 1.165) is 0 Å². The third kappa shape index (κ3) is 6.48. The Morgan fingerprint density at radius 3 is 2.39 bits per heavy atom. The maximum absolute atomic E-state index is 11.4. The zero-order chi connectivity index (χ0) is 14.0. The van der Waals surface area contributed by atoms with Gasteiger partial charge in [-0.1, -0.05) is 0 Å². The van der Waals surface area contributed by atoms with Crippen molar-refractivity contribution in [2.24, 2.45) is 0 Å². The molecule has 0 aromatic heterocycles. The van der Waals surface area contributed by atoms with Crippen LogP contribution in [0, 0.1) is 11.3 Å². The van der Waals surface area contributed by atoms with Crippen LogP contribution in [0.15, 0.2) is 0 Å². The van der Waals surface area contributed by atoms with Crippen molar-refractivity contribution in [3.63, 3.8) is 0 Å². The Morgan fingerprint density at radius 2 is 1.89 bits per heavy atom. The summed E-state index contributed by atoms with van der Waals surface area (Å²) in [6.45, 7) is 0. The molecule has 0 aliphatic carbocycles. The van der Waals surface area contributed by atoms with E-state index in [4.69, 9.17) is 5.26 Å². The fourth-order valence-electron chi connectivity index (χ4n) is 1.18. The van der Waals surface area contributed by atoms with Crippen LogP contribution < -0.4 is 5.32 Å². The molecule has 0 spiro atoms. The molecule has 0 bridgehead atoms. The highest BCUT2D eigenvalue weighted by Crippen LogP contribution is 2.01. The van der Waals surface area contributed by atoms with Gasteiger partial charge in [-0.05, 0) is 6.42 Å². The standard InChI is InChI=1S/C11H16N2O5/c1-17-10(15)6-5-9(14)13-8(4-3-7-12)11(16)18-2/h8H,3-6H2,1-2H3,(H,13,14)/t8-/m0/s1. The highest BCUT2D eigenvalue weighted by Gasteiger charge is 2.21. The maximum Gasteiger partial charge on any atom is 0.328 e. The van der Waals surface area contributed by atoms with Crippen molar-refractivity contribution in [2.75, 3.05) is 14.2 Å². The minimum atomic E-state index is -0.861. The number of methoxy groups -OCH3 is 2. The second-order valence-electron chi connectivity index (χ2n) is 3.42. The molecule has 0 radical (unpaired) electrons. The maximum atomic E-state index is 11.4. The lowest BCUT2D eigenvalue weighted by Gasteiger charge is -2.14. The Labute approximate surface area is 105 Å². The second kappa shape index (κ2) is 8.98. The van der Waals surface area contributed by atoms with Crippen LogP contribution in [0.25, 0.3) is 0 Å². The summed E-state index contributed by atoms with van der Waals surface area (Å²) < 4.78 is 8.89. The molecular formula is C11H16N2O5. The van der Waals surface area contributed by atoms with Crippen LogP contribution in [0.3, 0.4) is 0 Å². The summed E-state index contributed by atoms with van der Waals surface area (Å²) in [4.78, 5) is 33.6. The number of carbonyl (C=O) groups excluding carboxylic acids is 3. The number of amides is 1. The summed E-state index contributed by atoms with van der Waals surface area (Å²) in [6, 6.07) is 1.02. The SMILES string of the molecule is COC(=O)CCC(=O)N[C@@H](CCC#N)C(=O)OC. The van der Waals surface area contributed by atoms with E-state index in [1.54, 1.807) is 0 Å². The number of nitriles is 1. The molecule has 0 unspecified atom stereocenters. The topological polar surface area (TPSA) is 105 Å². The summed E-state index contributed by atoms with van der Waals surface area (Å²) in [5, 5.41) is 10.8. The van der Waals surface area contributed by atoms with Crippen molar-refractivity contribution in [2.45, 2.75) is 31.7 Å². The van der Waals surface area contributed by atoms with E-state index in [2.05, 4.69) is 14.8 Å². The van der Waals surface area contributed by atoms with E-state index >= 15 is 0 Å². The summed E-state index contributed by atoms with van der Waals surface area (Å²) >= 11 is 0. The number of nitrogens with one attached hydrogen (secondary N) is 1. The summed E-state index contributed by atoms with van der Waals surface area (Å²) in [5.74, 6) is -1.58. The molecule has 1 atom stereocenters. The van der Waals surface area contributed by atoms with Gasteiger partial charge in [-0.3, -0.25) is 9.59 Å². The number of hydrogen-bond donors (Lipinski definition) is 1. The van der Waals surface area contributed by atoms with Crippen LogP contribution >= 0.6 is 0 Å². The number of esters is 2. The third-order valence-corrected chi connectivity index (χ3v) is 2.15. The van der Waals surface area contributed by atoms with Gasteiger partial charge in [0.05, 0.1) is 26.7 Å². The molecule has 0 rings (SSSR count). The first-order chi connectivity index (χ1) is 8.54. The van der Waals surface area contributed by atoms with E-state index in [1.165, 1.54) is 14.2 Å². The Morgan fingerprint density at radius 1 is 1.22 bits per heavy atom. The summed E-state index contributed by atoms with van der Waals surface area (Å²) in [6.07, 6.45) is 0.158. The molecular weight excluding hydrogens is 240 g/mol. The molecule has 7 nitrogen and oxygen atoms in total. The zero-order valence-corrected chi connectivity index (χ0v) is 10.4. The minimum absolute atomic E-state index is 0.0610. The molecule has 100 valence electrons. The monoisotopic (exact) mass is 256 g/mol. The number of carbonyl (C=O) groups is 3. The van der Waals surface area contributed by atoms with E-state index in [0.29, 0.717) is 0 Å². The van der Waals surface area contributed by atoms with Gasteiger partial charge in [0.25, 0.3) is 0 Å². The van der Waals surface area contributed by atoms with Crippen LogP contribution in [0.1, 0.15) is 25.7 Å². The fourth-order valence-corrected chi connectivity index (χ4v) is 1.18. The highest BCUT2D eigenvalue weighted by atomic mass is 16.5. The van der Waals surface area contributed by atoms with Crippen molar-refractivity contribution >= 4 is 17.8 Å². The van der Waals surface area contributed by atoms with Gasteiger partial charge in [0.1, 0.15) is 6.04 Å². The van der Waals surface area contributed by atoms with Gasteiger partial charge >= 0.3 is 11.9 Å². The largest absolute Gasteiger partial charge is 0.469 e. The molecule has 1 amide bonds. The molecule has 1 N–H and O–H groups in total. The Hall–Kier alpha value is -2.10. The predicted octanol–water partition coefficient (Wildman–Crippen LogP) is -0.0988. The molecule has 18 heavy (non-hydrogen) atoms. The van der Waals surface area contributed by atoms with Crippen molar-refractivity contribution in [3.05, 3.63) is 0 Å². The lowest BCUT2D eigenvalue weighted by molar-refractivity contribution is -0.145. The van der Waals surface area contributed by atoms with E-state index in [9.17, 15) is 14.4 Å². The lowest BCUT2D eigenvalue weighted by Crippen LogP contribution is -2.41. The molecule has 7 heteroatoms. The van der Waals surface area contributed by atoms with Gasteiger partial charge in [-0.15, -0.1) is 0 Å². The quantitative estimate of drug-likeness (QED) is 0.638. The van der Waals surface area contributed by atoms with Crippen LogP contribution in [0.5, 0.6) is 0 Å². The number of nitrogens with zero attached hydrogens (tertiary/aromatic N) is 1. The molecule has 0 aromatic carbocycles. The number of hydrogen-bond acceptors (Lipinski definition) is 6. The molecule has 0 heterocycles. The van der Waals surface area contributed by atoms with Crippen LogP contribution in [0.2, 0.25) is 0 Å². The van der Waals surface area contributed by atoms with Gasteiger partial charge < -0.3 is 14.8 Å². The lowest BCUT2D eigenvalue weighted by atomic mass is 10.1. The van der Waals surface area contributed by atoms with Crippen molar-refractivity contribution in [1.82, 2.24) is 5.32 Å². The number of rotatable bonds is 7. The molecule has 0 aliphatic heterocycles. The Bertz CT molecular complexity index is 348. The average Bonchev–Trinajstić information content (AvgIpc) is 2.39. The average molecular weight is 256 g/mol. The van der Waals surface area contributed by atoms with Crippen molar-refractivity contribution in [1.29, 1.82) is 5.26 Å². The zero-order valence-electron chi connectivity index (χ0n) is 10.4. The Kier molecular flexibility index (Phi) is 7.94. The first kappa shape index (κ1) is 15.9. The van der Waals surface area contributed by atoms with Gasteiger partial charge in [-0.2, -0.15) is 5.26 Å². The van der Waals surface area contributed by atoms with Crippen LogP contribution in [-0.2, 0) is 23.9 Å². The number of ether oxygens (including phenoxy) is 2. The smallest absolute Gasteiger partial charge is 0.328 e. The van der Waals surface area contributed by atoms with Gasteiger partial charge in [0.15, 0.2) is 0 Å². The highest BCUT2D eigenvalue weighted by molar-refractivity contribution is 5.86. The Balaban J connectivity index is 4.22. The first-order valence-corrected chi connectivity index (χ1v) is 5.36. The van der Waals surface area contributed by atoms with Gasteiger partial charge in [-0.25, -0.2) is 4.79 Å². The first-order valence-electron chi connectivity index (χ1n) is 5.36. The van der Waals surface area contributed by atoms with Crippen molar-refractivity contribution < 1.29 is 23.9 Å². The van der Waals surface area contributed by atoms with Gasteiger partial charge in [0.2, 0.25) is 5.91 Å². The third-order valence-electron chi connectivity index (χ3n) is 2.15. The van der Waals surface area contributed by atoms with Crippen molar-refractivity contribution in [3.8, 4) is 6.07 Å². The van der Waals surface area contributed by atoms with Crippen LogP contribution in [-0.4, -0.2) is 38.1 Å². The molecule has 0 saturated heterocycles. The van der Waals surface area contributed by atoms with E-state index < -0.39 is 23.9 Å². The molecule has 0 saturated carbocycles. The fraction of sp³-hybridized carbons (Fsp3) is 0.636. The van der Waals surface area contributed by atoms with Crippen LogP contribution in [0.4, 0.5) is 0 Å². The molecule has 0 fully saturated rings. The minimum Gasteiger partial charge on any atom is -0.469 e. The molecule has 0 aliphatic rings. The second-order valence-corrected chi connectivity index (χ2v) is 3.42. The van der Waals surface area contributed by atoms with E-state index in [1.807, 2.05) is 6.07 Å². The van der Waals surface area contributed by atoms with Gasteiger partial charge in [0, 0.05) is 12.8 Å².